The number of carbonyl (C=O) groups excluding carboxylic acids is 2. The number of benzene rings is 1. The van der Waals surface area contributed by atoms with Gasteiger partial charge in [0.05, 0.1) is 0 Å². The third kappa shape index (κ3) is 8.64. The SMILES string of the molecule is CC(C)(C)OC(=O)C(C)(C)Oc1cc(C2CC2)ccc1CN1CCN(C(=O)OC(C(F)(F)F)C(F)(F)F)CC1. The van der Waals surface area contributed by atoms with Crippen LogP contribution in [0.5, 0.6) is 5.75 Å². The highest BCUT2D eigenvalue weighted by atomic mass is 19.4. The molecule has 1 aliphatic carbocycles. The lowest BCUT2D eigenvalue weighted by Crippen LogP contribution is -2.52. The van der Waals surface area contributed by atoms with Crippen molar-refractivity contribution in [2.45, 2.75) is 89.6 Å². The van der Waals surface area contributed by atoms with Crippen LogP contribution in [0.15, 0.2) is 18.2 Å². The lowest BCUT2D eigenvalue weighted by Gasteiger charge is -2.36. The summed E-state index contributed by atoms with van der Waals surface area (Å²) in [5.41, 5.74) is -0.205. The predicted molar refractivity (Wildman–Crippen MR) is 128 cm³/mol. The number of esters is 1. The van der Waals surface area contributed by atoms with E-state index >= 15 is 0 Å². The number of piperazine rings is 1. The molecular weight excluding hydrogens is 534 g/mol. The molecule has 2 fully saturated rings. The number of hydrogen-bond acceptors (Lipinski definition) is 6. The highest BCUT2D eigenvalue weighted by Gasteiger charge is 2.60. The van der Waals surface area contributed by atoms with Gasteiger partial charge in [-0.1, -0.05) is 12.1 Å². The molecular formula is C26H34F6N2O5. The van der Waals surface area contributed by atoms with E-state index in [1.807, 2.05) is 23.1 Å². The first-order valence-corrected chi connectivity index (χ1v) is 12.6. The Kier molecular flexibility index (Phi) is 8.74. The standard InChI is InChI=1S/C26H34F6N2O5/c1-23(2,3)39-21(35)24(4,5)38-19-14-17(16-6-7-16)8-9-18(19)15-33-10-12-34(13-11-33)22(36)37-20(25(27,28)29)26(30,31)32/h8-9,14,16,20H,6-7,10-13,15H2,1-5H3. The first-order chi connectivity index (χ1) is 17.8. The summed E-state index contributed by atoms with van der Waals surface area (Å²) < 4.78 is 92.0. The van der Waals surface area contributed by atoms with Gasteiger partial charge >= 0.3 is 24.4 Å². The van der Waals surface area contributed by atoms with Crippen molar-refractivity contribution in [2.24, 2.45) is 0 Å². The molecule has 1 aromatic carbocycles. The second-order valence-corrected chi connectivity index (χ2v) is 11.4. The fourth-order valence-corrected chi connectivity index (χ4v) is 4.01. The lowest BCUT2D eigenvalue weighted by molar-refractivity contribution is -0.308. The molecule has 0 unspecified atom stereocenters. The van der Waals surface area contributed by atoms with E-state index in [-0.39, 0.29) is 26.2 Å². The van der Waals surface area contributed by atoms with Gasteiger partial charge in [0.2, 0.25) is 0 Å². The monoisotopic (exact) mass is 568 g/mol. The van der Waals surface area contributed by atoms with Crippen molar-refractivity contribution < 1.29 is 50.1 Å². The average molecular weight is 569 g/mol. The molecule has 1 heterocycles. The molecule has 220 valence electrons. The van der Waals surface area contributed by atoms with E-state index < -0.39 is 41.7 Å². The summed E-state index contributed by atoms with van der Waals surface area (Å²) in [6.07, 6.45) is -15.3. The zero-order valence-electron chi connectivity index (χ0n) is 22.5. The molecule has 0 bridgehead atoms. The molecule has 1 amide bonds. The molecule has 0 atom stereocenters. The summed E-state index contributed by atoms with van der Waals surface area (Å²) >= 11 is 0. The molecule has 0 aromatic heterocycles. The molecule has 1 aliphatic heterocycles. The molecule has 0 spiro atoms. The van der Waals surface area contributed by atoms with Gasteiger partial charge < -0.3 is 19.1 Å². The maximum Gasteiger partial charge on any atom is 0.434 e. The summed E-state index contributed by atoms with van der Waals surface area (Å²) in [6.45, 7) is 8.89. The van der Waals surface area contributed by atoms with Gasteiger partial charge in [-0.3, -0.25) is 4.90 Å². The maximum atomic E-state index is 12.8. The zero-order chi connectivity index (χ0) is 29.4. The first-order valence-electron chi connectivity index (χ1n) is 12.6. The third-order valence-electron chi connectivity index (χ3n) is 6.23. The van der Waals surface area contributed by atoms with Crippen LogP contribution in [0.1, 0.15) is 64.5 Å². The summed E-state index contributed by atoms with van der Waals surface area (Å²) in [5, 5.41) is 0. The van der Waals surface area contributed by atoms with E-state index in [4.69, 9.17) is 9.47 Å². The Morgan fingerprint density at radius 1 is 0.923 bits per heavy atom. The van der Waals surface area contributed by atoms with Crippen molar-refractivity contribution in [1.82, 2.24) is 9.80 Å². The Bertz CT molecular complexity index is 1020. The quantitative estimate of drug-likeness (QED) is 0.306. The smallest absolute Gasteiger partial charge is 0.434 e. The van der Waals surface area contributed by atoms with E-state index in [0.29, 0.717) is 18.2 Å². The van der Waals surface area contributed by atoms with Crippen molar-refractivity contribution in [3.63, 3.8) is 0 Å². The maximum absolute atomic E-state index is 12.8. The molecule has 1 saturated heterocycles. The van der Waals surface area contributed by atoms with Crippen LogP contribution in [0.4, 0.5) is 31.1 Å². The van der Waals surface area contributed by atoms with Crippen LogP contribution in [0.3, 0.4) is 0 Å². The van der Waals surface area contributed by atoms with Gasteiger partial charge in [0, 0.05) is 38.3 Å². The summed E-state index contributed by atoms with van der Waals surface area (Å²) in [6, 6.07) is 5.75. The number of rotatable bonds is 7. The zero-order valence-corrected chi connectivity index (χ0v) is 22.5. The Hall–Kier alpha value is -2.70. The number of halogens is 6. The minimum Gasteiger partial charge on any atom is -0.476 e. The molecule has 0 N–H and O–H groups in total. The number of alkyl halides is 6. The number of nitrogens with zero attached hydrogens (tertiary/aromatic N) is 2. The van der Waals surface area contributed by atoms with Crippen LogP contribution in [-0.2, 0) is 20.8 Å². The predicted octanol–water partition coefficient (Wildman–Crippen LogP) is 5.81. The Balaban J connectivity index is 1.67. The van der Waals surface area contributed by atoms with Gasteiger partial charge in [-0.2, -0.15) is 26.3 Å². The summed E-state index contributed by atoms with van der Waals surface area (Å²) in [7, 11) is 0. The van der Waals surface area contributed by atoms with Crippen LogP contribution >= 0.6 is 0 Å². The number of ether oxygens (including phenoxy) is 3. The molecule has 1 saturated carbocycles. The summed E-state index contributed by atoms with van der Waals surface area (Å²) in [4.78, 5) is 27.5. The van der Waals surface area contributed by atoms with E-state index in [0.717, 1.165) is 28.9 Å². The molecule has 3 rings (SSSR count). The molecule has 1 aromatic rings. The van der Waals surface area contributed by atoms with Crippen molar-refractivity contribution >= 4 is 12.1 Å². The molecule has 2 aliphatic rings. The first kappa shape index (κ1) is 30.8. The van der Waals surface area contributed by atoms with Gasteiger partial charge in [-0.15, -0.1) is 0 Å². The second-order valence-electron chi connectivity index (χ2n) is 11.4. The van der Waals surface area contributed by atoms with E-state index in [1.54, 1.807) is 34.6 Å². The van der Waals surface area contributed by atoms with Gasteiger partial charge in [-0.25, -0.2) is 9.59 Å². The van der Waals surface area contributed by atoms with Crippen LogP contribution in [0.2, 0.25) is 0 Å². The largest absolute Gasteiger partial charge is 0.476 e. The number of hydrogen-bond donors (Lipinski definition) is 0. The second kappa shape index (κ2) is 11.1. The third-order valence-corrected chi connectivity index (χ3v) is 6.23. The van der Waals surface area contributed by atoms with E-state index in [2.05, 4.69) is 4.74 Å². The molecule has 0 radical (unpaired) electrons. The van der Waals surface area contributed by atoms with Crippen LogP contribution < -0.4 is 4.74 Å². The van der Waals surface area contributed by atoms with E-state index in [1.165, 1.54) is 0 Å². The van der Waals surface area contributed by atoms with Gasteiger partial charge in [0.15, 0.2) is 5.60 Å². The van der Waals surface area contributed by atoms with Crippen molar-refractivity contribution in [3.05, 3.63) is 29.3 Å². The Labute approximate surface area is 223 Å². The Morgan fingerprint density at radius 3 is 1.97 bits per heavy atom. The van der Waals surface area contributed by atoms with Crippen LogP contribution in [0.25, 0.3) is 0 Å². The number of carbonyl (C=O) groups is 2. The fraction of sp³-hybridized carbons (Fsp3) is 0.692. The topological polar surface area (TPSA) is 68.3 Å². The average Bonchev–Trinajstić information content (AvgIpc) is 3.61. The van der Waals surface area contributed by atoms with Gasteiger partial charge in [0.1, 0.15) is 11.4 Å². The van der Waals surface area contributed by atoms with Crippen LogP contribution in [-0.4, -0.2) is 77.7 Å². The normalized spacial score (nSPS) is 17.8. The van der Waals surface area contributed by atoms with E-state index in [9.17, 15) is 35.9 Å². The van der Waals surface area contributed by atoms with Gasteiger partial charge in [-0.05, 0) is 65.0 Å². The van der Waals surface area contributed by atoms with Crippen molar-refractivity contribution in [1.29, 1.82) is 0 Å². The minimum atomic E-state index is -5.77. The fourth-order valence-electron chi connectivity index (χ4n) is 4.01. The molecule has 13 heteroatoms. The highest BCUT2D eigenvalue weighted by molar-refractivity contribution is 5.79. The summed E-state index contributed by atoms with van der Waals surface area (Å²) in [5.74, 6) is 0.356. The van der Waals surface area contributed by atoms with Gasteiger partial charge in [0.25, 0.3) is 6.10 Å². The minimum absolute atomic E-state index is 0.124. The highest BCUT2D eigenvalue weighted by Crippen LogP contribution is 2.42. The van der Waals surface area contributed by atoms with Crippen molar-refractivity contribution in [2.75, 3.05) is 26.2 Å². The lowest BCUT2D eigenvalue weighted by atomic mass is 10.0. The van der Waals surface area contributed by atoms with Crippen LogP contribution in [0, 0.1) is 0 Å². The molecule has 7 nitrogen and oxygen atoms in total. The van der Waals surface area contributed by atoms with Crippen molar-refractivity contribution in [3.8, 4) is 5.75 Å². The Morgan fingerprint density at radius 2 is 1.49 bits per heavy atom. The number of amides is 1. The molecule has 39 heavy (non-hydrogen) atoms.